The lowest BCUT2D eigenvalue weighted by atomic mass is 9.98. The Kier molecular flexibility index (Phi) is 4.34. The number of hydrogen-bond donors (Lipinski definition) is 0. The monoisotopic (exact) mass is 272 g/mol. The number of likely N-dealkylation sites (tertiary alicyclic amines) is 1. The van der Waals surface area contributed by atoms with Gasteiger partial charge in [0, 0.05) is 25.9 Å². The number of sulfone groups is 1. The molecule has 18 heavy (non-hydrogen) atoms. The molecule has 0 spiro atoms. The highest BCUT2D eigenvalue weighted by molar-refractivity contribution is 7.90. The molecule has 1 fully saturated rings. The van der Waals surface area contributed by atoms with Crippen molar-refractivity contribution in [1.82, 2.24) is 19.7 Å². The molecule has 0 N–H and O–H groups in total. The third kappa shape index (κ3) is 4.38. The summed E-state index contributed by atoms with van der Waals surface area (Å²) < 4.78 is 24.2. The van der Waals surface area contributed by atoms with Crippen molar-refractivity contribution in [3.05, 3.63) is 12.7 Å². The fourth-order valence-electron chi connectivity index (χ4n) is 2.39. The van der Waals surface area contributed by atoms with Gasteiger partial charge in [-0.15, -0.1) is 0 Å². The number of aromatic nitrogens is 3. The Bertz CT molecular complexity index is 457. The summed E-state index contributed by atoms with van der Waals surface area (Å²) in [7, 11) is -2.86. The van der Waals surface area contributed by atoms with Gasteiger partial charge in [0.15, 0.2) is 0 Å². The number of piperidine rings is 1. The van der Waals surface area contributed by atoms with Crippen molar-refractivity contribution in [1.29, 1.82) is 0 Å². The van der Waals surface area contributed by atoms with Crippen LogP contribution in [0.4, 0.5) is 0 Å². The maximum atomic E-state index is 11.2. The third-order valence-corrected chi connectivity index (χ3v) is 4.22. The van der Waals surface area contributed by atoms with Crippen molar-refractivity contribution in [2.75, 3.05) is 31.6 Å². The van der Waals surface area contributed by atoms with Crippen molar-refractivity contribution < 1.29 is 8.42 Å². The summed E-state index contributed by atoms with van der Waals surface area (Å²) in [5.74, 6) is 0.795. The molecule has 1 aromatic heterocycles. The molecule has 0 saturated carbocycles. The van der Waals surface area contributed by atoms with Gasteiger partial charge in [-0.25, -0.2) is 13.4 Å². The van der Waals surface area contributed by atoms with Crippen LogP contribution in [0.1, 0.15) is 12.8 Å². The summed E-state index contributed by atoms with van der Waals surface area (Å²) in [6, 6.07) is 0. The lowest BCUT2D eigenvalue weighted by Gasteiger charge is -2.32. The van der Waals surface area contributed by atoms with Gasteiger partial charge in [-0.2, -0.15) is 5.10 Å². The lowest BCUT2D eigenvalue weighted by molar-refractivity contribution is 0.167. The molecule has 102 valence electrons. The van der Waals surface area contributed by atoms with Crippen molar-refractivity contribution in [3.8, 4) is 0 Å². The predicted octanol–water partition coefficient (Wildman–Crippen LogP) is 0.0347. The van der Waals surface area contributed by atoms with Gasteiger partial charge in [0.05, 0.1) is 5.75 Å². The van der Waals surface area contributed by atoms with E-state index in [0.29, 0.717) is 12.5 Å². The Hall–Kier alpha value is -0.950. The summed E-state index contributed by atoms with van der Waals surface area (Å²) in [6.07, 6.45) is 6.88. The molecule has 1 aromatic rings. The second kappa shape index (κ2) is 5.79. The molecule has 0 bridgehead atoms. The van der Waals surface area contributed by atoms with E-state index in [9.17, 15) is 8.42 Å². The predicted molar refractivity (Wildman–Crippen MR) is 68.9 cm³/mol. The van der Waals surface area contributed by atoms with Gasteiger partial charge in [-0.3, -0.25) is 4.68 Å². The van der Waals surface area contributed by atoms with Crippen LogP contribution in [0.25, 0.3) is 0 Å². The fraction of sp³-hybridized carbons (Fsp3) is 0.818. The molecule has 2 rings (SSSR count). The normalized spacial score (nSPS) is 22.2. The molecule has 7 heteroatoms. The smallest absolute Gasteiger partial charge is 0.148 e. The van der Waals surface area contributed by atoms with E-state index in [2.05, 4.69) is 15.0 Å². The maximum absolute atomic E-state index is 11.2. The Morgan fingerprint density at radius 2 is 2.28 bits per heavy atom. The zero-order valence-electron chi connectivity index (χ0n) is 10.7. The molecule has 1 atom stereocenters. The van der Waals surface area contributed by atoms with Crippen molar-refractivity contribution in [3.63, 3.8) is 0 Å². The molecule has 0 aromatic carbocycles. The zero-order chi connectivity index (χ0) is 13.0. The van der Waals surface area contributed by atoms with Gasteiger partial charge in [-0.05, 0) is 25.3 Å². The number of hydrogen-bond acceptors (Lipinski definition) is 5. The van der Waals surface area contributed by atoms with Gasteiger partial charge in [0.2, 0.25) is 0 Å². The molecular weight excluding hydrogens is 252 g/mol. The molecular formula is C11H20N4O2S. The van der Waals surface area contributed by atoms with Gasteiger partial charge < -0.3 is 4.90 Å². The minimum Gasteiger partial charge on any atom is -0.302 e. The van der Waals surface area contributed by atoms with Gasteiger partial charge in [0.25, 0.3) is 0 Å². The van der Waals surface area contributed by atoms with Crippen molar-refractivity contribution >= 4 is 9.84 Å². The fourth-order valence-corrected chi connectivity index (χ4v) is 2.98. The van der Waals surface area contributed by atoms with Crippen LogP contribution in [-0.2, 0) is 16.4 Å². The van der Waals surface area contributed by atoms with E-state index in [0.717, 1.165) is 26.1 Å². The highest BCUT2D eigenvalue weighted by atomic mass is 32.2. The molecule has 1 saturated heterocycles. The van der Waals surface area contributed by atoms with Gasteiger partial charge >= 0.3 is 0 Å². The van der Waals surface area contributed by atoms with Crippen LogP contribution in [0.3, 0.4) is 0 Å². The molecule has 0 radical (unpaired) electrons. The summed E-state index contributed by atoms with van der Waals surface area (Å²) in [5.41, 5.74) is 0. The van der Waals surface area contributed by atoms with Crippen LogP contribution >= 0.6 is 0 Å². The van der Waals surface area contributed by atoms with Crippen LogP contribution in [0.2, 0.25) is 0 Å². The highest BCUT2D eigenvalue weighted by Crippen LogP contribution is 2.17. The van der Waals surface area contributed by atoms with E-state index in [1.54, 1.807) is 12.7 Å². The van der Waals surface area contributed by atoms with E-state index in [1.165, 1.54) is 12.7 Å². The van der Waals surface area contributed by atoms with Crippen LogP contribution in [0.5, 0.6) is 0 Å². The largest absolute Gasteiger partial charge is 0.302 e. The van der Waals surface area contributed by atoms with Gasteiger partial charge in [-0.1, -0.05) is 0 Å². The number of nitrogens with zero attached hydrogens (tertiary/aromatic N) is 4. The average Bonchev–Trinajstić information content (AvgIpc) is 2.79. The quantitative estimate of drug-likeness (QED) is 0.757. The minimum atomic E-state index is -2.86. The Balaban J connectivity index is 1.81. The Morgan fingerprint density at radius 1 is 1.44 bits per heavy atom. The van der Waals surface area contributed by atoms with E-state index < -0.39 is 9.84 Å². The van der Waals surface area contributed by atoms with Crippen molar-refractivity contribution in [2.24, 2.45) is 5.92 Å². The summed E-state index contributed by atoms with van der Waals surface area (Å²) in [6.45, 7) is 3.47. The van der Waals surface area contributed by atoms with Crippen molar-refractivity contribution in [2.45, 2.75) is 19.4 Å². The zero-order valence-corrected chi connectivity index (χ0v) is 11.5. The summed E-state index contributed by atoms with van der Waals surface area (Å²) in [5, 5.41) is 4.11. The first-order valence-electron chi connectivity index (χ1n) is 6.25. The van der Waals surface area contributed by atoms with Crippen LogP contribution < -0.4 is 0 Å². The lowest BCUT2D eigenvalue weighted by Crippen LogP contribution is -2.39. The van der Waals surface area contributed by atoms with E-state index >= 15 is 0 Å². The molecule has 0 aliphatic carbocycles. The average molecular weight is 272 g/mol. The topological polar surface area (TPSA) is 68.1 Å². The third-order valence-electron chi connectivity index (χ3n) is 3.29. The standard InChI is InChI=1S/C11H20N4O2S/c1-18(16,17)6-5-14-4-2-3-11(7-14)8-15-10-12-9-13-15/h9-11H,2-8H2,1H3/t11-/m0/s1. The molecule has 6 nitrogen and oxygen atoms in total. The SMILES string of the molecule is CS(=O)(=O)CCN1CCC[C@H](Cn2cncn2)C1. The second-order valence-corrected chi connectivity index (χ2v) is 7.32. The number of rotatable bonds is 5. The van der Waals surface area contributed by atoms with Gasteiger partial charge in [0.1, 0.15) is 22.5 Å². The minimum absolute atomic E-state index is 0.253. The van der Waals surface area contributed by atoms with Crippen LogP contribution in [-0.4, -0.2) is 59.7 Å². The van der Waals surface area contributed by atoms with Crippen LogP contribution in [0, 0.1) is 5.92 Å². The maximum Gasteiger partial charge on any atom is 0.148 e. The Morgan fingerprint density at radius 3 is 2.94 bits per heavy atom. The first kappa shape index (κ1) is 13.5. The summed E-state index contributed by atoms with van der Waals surface area (Å²) >= 11 is 0. The second-order valence-electron chi connectivity index (χ2n) is 5.06. The molecule has 1 aliphatic rings. The molecule has 2 heterocycles. The highest BCUT2D eigenvalue weighted by Gasteiger charge is 2.21. The molecule has 0 unspecified atom stereocenters. The molecule has 0 amide bonds. The Labute approximate surface area is 108 Å². The first-order valence-corrected chi connectivity index (χ1v) is 8.31. The van der Waals surface area contributed by atoms with Crippen LogP contribution in [0.15, 0.2) is 12.7 Å². The molecule has 1 aliphatic heterocycles. The van der Waals surface area contributed by atoms with E-state index in [1.807, 2.05) is 4.68 Å². The summed E-state index contributed by atoms with van der Waals surface area (Å²) in [4.78, 5) is 6.18. The van der Waals surface area contributed by atoms with E-state index in [-0.39, 0.29) is 5.75 Å². The first-order chi connectivity index (χ1) is 8.53. The van der Waals surface area contributed by atoms with E-state index in [4.69, 9.17) is 0 Å².